The SMILES string of the molecule is CC[C@H]1OC(=O)[C@H](C)[C@H]2OC/C(=N/OCc3cccc(-c4cncnc4)n3)CO[C@](C)(C[C@@H](C)C(=O)[C@H](C)[C@@H]3CC(=O)O[C@]13C)[C@H](O[C@@H]1O[C@H](C)C[C@H](N(C)C)[C@H]1O)[C@H]2C. The molecule has 60 heavy (non-hydrogen) atoms. The van der Waals surface area contributed by atoms with E-state index in [4.69, 9.17) is 33.3 Å². The van der Waals surface area contributed by atoms with Crippen LogP contribution >= 0.6 is 0 Å². The zero-order chi connectivity index (χ0) is 43.5. The quantitative estimate of drug-likeness (QED) is 0.288. The molecule has 0 saturated carbocycles. The van der Waals surface area contributed by atoms with Crippen molar-refractivity contribution in [2.24, 2.45) is 34.7 Å². The van der Waals surface area contributed by atoms with Crippen LogP contribution in [0.1, 0.15) is 86.8 Å². The molecule has 0 spiro atoms. The molecule has 14 atom stereocenters. The number of carbonyl (C=O) groups excluding carboxylic acids is 3. The van der Waals surface area contributed by atoms with Crippen molar-refractivity contribution in [3.05, 3.63) is 42.6 Å². The van der Waals surface area contributed by atoms with Crippen molar-refractivity contribution < 1.29 is 52.7 Å². The minimum absolute atomic E-state index is 0.0183. The lowest BCUT2D eigenvalue weighted by Crippen LogP contribution is -2.60. The molecular weight excluding hydrogens is 775 g/mol. The summed E-state index contributed by atoms with van der Waals surface area (Å²) >= 11 is 0. The Morgan fingerprint density at radius 1 is 1.02 bits per heavy atom. The highest BCUT2D eigenvalue weighted by molar-refractivity contribution is 5.87. The standard InChI is InChI=1S/C44H63N5O11/c1-11-35-44(8)32(16-36(50)60-44)26(4)37(51)24(2)17-43(7)40(59-42-38(52)34(49(9)10)15-25(3)57-42)27(5)39(28(6)41(53)58-35)54-20-31(21-55-43)48-56-22-30-13-12-14-33(47-30)29-18-45-23-46-19-29/h12-14,18-19,23-28,32,34-35,38-40,42,52H,11,15-17,20-22H2,1-10H3/b48-31-/t24-,25-,26-,27+,28-,32+,34+,35-,38-,39+,40-,42+,43-,44+/m1/s1. The van der Waals surface area contributed by atoms with Gasteiger partial charge < -0.3 is 43.3 Å². The summed E-state index contributed by atoms with van der Waals surface area (Å²) in [5, 5.41) is 16.2. The molecule has 2 bridgehead atoms. The summed E-state index contributed by atoms with van der Waals surface area (Å²) in [6.07, 6.45) is 1.03. The number of aromatic nitrogens is 3. The summed E-state index contributed by atoms with van der Waals surface area (Å²) < 4.78 is 39.0. The van der Waals surface area contributed by atoms with Crippen LogP contribution in [-0.2, 0) is 54.2 Å². The summed E-state index contributed by atoms with van der Waals surface area (Å²) in [7, 11) is 3.81. The van der Waals surface area contributed by atoms with Gasteiger partial charge in [-0.2, -0.15) is 0 Å². The minimum Gasteiger partial charge on any atom is -0.458 e. The second-order valence-corrected chi connectivity index (χ2v) is 17.8. The van der Waals surface area contributed by atoms with Gasteiger partial charge in [0.25, 0.3) is 0 Å². The summed E-state index contributed by atoms with van der Waals surface area (Å²) in [6.45, 7) is 14.6. The lowest BCUT2D eigenvalue weighted by molar-refractivity contribution is -0.302. The van der Waals surface area contributed by atoms with Crippen LogP contribution in [0, 0.1) is 29.6 Å². The molecule has 0 aromatic carbocycles. The molecule has 2 aromatic rings. The third kappa shape index (κ3) is 9.74. The first-order valence-electron chi connectivity index (χ1n) is 21.2. The van der Waals surface area contributed by atoms with Gasteiger partial charge in [0.1, 0.15) is 35.6 Å². The highest BCUT2D eigenvalue weighted by atomic mass is 16.7. The molecule has 0 amide bonds. The maximum atomic E-state index is 14.6. The van der Waals surface area contributed by atoms with Gasteiger partial charge >= 0.3 is 11.9 Å². The summed E-state index contributed by atoms with van der Waals surface area (Å²) in [6, 6.07) is 5.28. The zero-order valence-electron chi connectivity index (χ0n) is 36.6. The van der Waals surface area contributed by atoms with E-state index < -0.39 is 83.4 Å². The molecule has 16 heteroatoms. The van der Waals surface area contributed by atoms with E-state index in [0.717, 1.165) is 5.56 Å². The van der Waals surface area contributed by atoms with E-state index in [9.17, 15) is 19.5 Å². The second-order valence-electron chi connectivity index (χ2n) is 17.8. The normalized spacial score (nSPS) is 38.9. The Balaban J connectivity index is 1.39. The number of fused-ring (bicyclic) bond motifs is 4. The predicted molar refractivity (Wildman–Crippen MR) is 218 cm³/mol. The van der Waals surface area contributed by atoms with E-state index in [1.165, 1.54) is 6.33 Å². The van der Waals surface area contributed by atoms with Gasteiger partial charge in [0, 0.05) is 47.7 Å². The smallest absolute Gasteiger partial charge is 0.311 e. The number of nitrogens with zero attached hydrogens (tertiary/aromatic N) is 5. The number of carbonyl (C=O) groups is 3. The maximum Gasteiger partial charge on any atom is 0.311 e. The molecule has 1 N–H and O–H groups in total. The van der Waals surface area contributed by atoms with Crippen LogP contribution in [-0.4, -0.2) is 130 Å². The lowest BCUT2D eigenvalue weighted by Gasteiger charge is -2.48. The van der Waals surface area contributed by atoms with Crippen LogP contribution in [0.25, 0.3) is 11.3 Å². The number of cyclic esters (lactones) is 1. The van der Waals surface area contributed by atoms with E-state index in [1.54, 1.807) is 26.2 Å². The molecule has 0 unspecified atom stereocenters. The summed E-state index contributed by atoms with van der Waals surface area (Å²) in [5.74, 6) is -4.34. The van der Waals surface area contributed by atoms with Gasteiger partial charge in [0.15, 0.2) is 12.9 Å². The molecule has 6 heterocycles. The molecule has 6 rings (SSSR count). The molecule has 4 aliphatic heterocycles. The van der Waals surface area contributed by atoms with E-state index in [-0.39, 0.29) is 50.6 Å². The highest BCUT2D eigenvalue weighted by Crippen LogP contribution is 2.46. The second kappa shape index (κ2) is 19.0. The number of hydrogen-bond acceptors (Lipinski definition) is 16. The topological polar surface area (TPSA) is 190 Å². The van der Waals surface area contributed by atoms with Crippen molar-refractivity contribution in [3.63, 3.8) is 0 Å². The third-order valence-corrected chi connectivity index (χ3v) is 13.1. The van der Waals surface area contributed by atoms with Gasteiger partial charge in [-0.25, -0.2) is 15.0 Å². The van der Waals surface area contributed by atoms with Crippen molar-refractivity contribution >= 4 is 23.4 Å². The maximum absolute atomic E-state index is 14.6. The number of Topliss-reactive ketones (excluding diaryl/α,β-unsaturated/α-hetero) is 1. The Hall–Kier alpha value is -3.93. The predicted octanol–water partition coefficient (Wildman–Crippen LogP) is 4.56. The number of hydrogen-bond donors (Lipinski definition) is 1. The van der Waals surface area contributed by atoms with Gasteiger partial charge in [-0.15, -0.1) is 0 Å². The van der Waals surface area contributed by atoms with Crippen LogP contribution in [0.3, 0.4) is 0 Å². The fourth-order valence-electron chi connectivity index (χ4n) is 9.75. The molecule has 4 aliphatic rings. The van der Waals surface area contributed by atoms with Crippen molar-refractivity contribution in [1.82, 2.24) is 19.9 Å². The molecule has 4 saturated heterocycles. The number of aliphatic hydroxyl groups excluding tert-OH is 1. The van der Waals surface area contributed by atoms with Gasteiger partial charge in [-0.05, 0) is 73.2 Å². The fraction of sp³-hybridized carbons (Fsp3) is 0.705. The van der Waals surface area contributed by atoms with E-state index in [0.29, 0.717) is 29.9 Å². The van der Waals surface area contributed by atoms with Crippen LogP contribution in [0.4, 0.5) is 0 Å². The average Bonchev–Trinajstić information content (AvgIpc) is 3.55. The third-order valence-electron chi connectivity index (χ3n) is 13.1. The van der Waals surface area contributed by atoms with Gasteiger partial charge in [0.05, 0.1) is 60.9 Å². The summed E-state index contributed by atoms with van der Waals surface area (Å²) in [5.41, 5.74) is -0.0393. The number of rotatable bonds is 8. The molecule has 4 fully saturated rings. The van der Waals surface area contributed by atoms with Crippen LogP contribution < -0.4 is 0 Å². The highest BCUT2D eigenvalue weighted by Gasteiger charge is 2.57. The Bertz CT molecular complexity index is 1850. The molecule has 0 aliphatic carbocycles. The van der Waals surface area contributed by atoms with Crippen molar-refractivity contribution in [3.8, 4) is 11.3 Å². The first-order valence-corrected chi connectivity index (χ1v) is 21.2. The molecule has 2 aromatic heterocycles. The van der Waals surface area contributed by atoms with Gasteiger partial charge in [-0.3, -0.25) is 14.4 Å². The minimum atomic E-state index is -1.25. The van der Waals surface area contributed by atoms with Gasteiger partial charge in [0.2, 0.25) is 0 Å². The van der Waals surface area contributed by atoms with Gasteiger partial charge in [-0.1, -0.05) is 38.9 Å². The van der Waals surface area contributed by atoms with E-state index in [2.05, 4.69) is 20.1 Å². The summed E-state index contributed by atoms with van der Waals surface area (Å²) in [4.78, 5) is 62.6. The Kier molecular flexibility index (Phi) is 14.4. The van der Waals surface area contributed by atoms with Crippen LogP contribution in [0.5, 0.6) is 0 Å². The number of aliphatic hydroxyl groups is 1. The number of ether oxygens (including phenoxy) is 6. The molecule has 330 valence electrons. The van der Waals surface area contributed by atoms with Crippen molar-refractivity contribution in [2.45, 2.75) is 142 Å². The van der Waals surface area contributed by atoms with Crippen molar-refractivity contribution in [2.75, 3.05) is 27.3 Å². The van der Waals surface area contributed by atoms with E-state index >= 15 is 0 Å². The Labute approximate surface area is 353 Å². The van der Waals surface area contributed by atoms with E-state index in [1.807, 2.05) is 78.7 Å². The Morgan fingerprint density at radius 2 is 1.75 bits per heavy atom. The average molecular weight is 838 g/mol. The first-order chi connectivity index (χ1) is 28.4. The van der Waals surface area contributed by atoms with Crippen molar-refractivity contribution in [1.29, 1.82) is 0 Å². The number of likely N-dealkylation sites (N-methyl/N-ethyl adjacent to an activating group) is 1. The number of pyridine rings is 1. The number of oxime groups is 1. The van der Waals surface area contributed by atoms with Crippen LogP contribution in [0.15, 0.2) is 42.1 Å². The largest absolute Gasteiger partial charge is 0.458 e. The monoisotopic (exact) mass is 837 g/mol. The lowest BCUT2D eigenvalue weighted by atomic mass is 9.70. The number of ketones is 1. The zero-order valence-corrected chi connectivity index (χ0v) is 36.6. The molecule has 0 radical (unpaired) electrons. The Morgan fingerprint density at radius 3 is 2.45 bits per heavy atom. The number of esters is 2. The fourth-order valence-corrected chi connectivity index (χ4v) is 9.75. The molecular formula is C44H63N5O11. The first kappa shape index (κ1) is 45.6. The van der Waals surface area contributed by atoms with Crippen LogP contribution in [0.2, 0.25) is 0 Å². The molecule has 16 nitrogen and oxygen atoms in total.